The molecule has 3 aromatic carbocycles. The van der Waals surface area contributed by atoms with E-state index >= 15 is 0 Å². The van der Waals surface area contributed by atoms with Crippen LogP contribution in [0.4, 0.5) is 0 Å². The van der Waals surface area contributed by atoms with Crippen molar-refractivity contribution in [3.63, 3.8) is 0 Å². The zero-order valence-electron chi connectivity index (χ0n) is 16.1. The number of ether oxygens (including phenoxy) is 3. The number of phenols is 1. The van der Waals surface area contributed by atoms with Crippen molar-refractivity contribution in [3.8, 4) is 23.0 Å². The quantitative estimate of drug-likeness (QED) is 0.650. The van der Waals surface area contributed by atoms with Gasteiger partial charge in [0.1, 0.15) is 23.0 Å². The molecule has 1 atom stereocenters. The molecule has 1 heterocycles. The van der Waals surface area contributed by atoms with E-state index in [4.69, 9.17) is 14.2 Å². The fourth-order valence-electron chi connectivity index (χ4n) is 3.37. The van der Waals surface area contributed by atoms with E-state index in [1.54, 1.807) is 26.4 Å². The number of aromatic hydroxyl groups is 1. The normalized spacial score (nSPS) is 16.8. The molecule has 4 rings (SSSR count). The minimum absolute atomic E-state index is 0.0151. The highest BCUT2D eigenvalue weighted by Crippen LogP contribution is 2.41. The van der Waals surface area contributed by atoms with Crippen LogP contribution in [0.25, 0.3) is 6.08 Å². The van der Waals surface area contributed by atoms with Gasteiger partial charge in [-0.15, -0.1) is 0 Å². The van der Waals surface area contributed by atoms with E-state index in [2.05, 4.69) is 0 Å². The van der Waals surface area contributed by atoms with Crippen LogP contribution in [0.5, 0.6) is 23.0 Å². The minimum Gasteiger partial charge on any atom is -0.508 e. The number of fused-ring (bicyclic) bond motifs is 1. The molecule has 29 heavy (non-hydrogen) atoms. The molecule has 5 heteroatoms. The summed E-state index contributed by atoms with van der Waals surface area (Å²) >= 11 is 0. The lowest BCUT2D eigenvalue weighted by Crippen LogP contribution is -2.23. The highest BCUT2D eigenvalue weighted by atomic mass is 16.5. The molecule has 1 unspecified atom stereocenters. The van der Waals surface area contributed by atoms with Gasteiger partial charge in [0.25, 0.3) is 0 Å². The summed E-state index contributed by atoms with van der Waals surface area (Å²) in [6, 6.07) is 19.4. The van der Waals surface area contributed by atoms with Crippen molar-refractivity contribution in [2.45, 2.75) is 6.10 Å². The van der Waals surface area contributed by atoms with Crippen molar-refractivity contribution in [3.05, 3.63) is 89.0 Å². The van der Waals surface area contributed by atoms with Crippen LogP contribution in [-0.4, -0.2) is 25.1 Å². The summed E-state index contributed by atoms with van der Waals surface area (Å²) < 4.78 is 16.8. The van der Waals surface area contributed by atoms with Crippen LogP contribution in [0.15, 0.2) is 72.3 Å². The highest BCUT2D eigenvalue weighted by Gasteiger charge is 2.33. The third-order valence-electron chi connectivity index (χ3n) is 4.81. The summed E-state index contributed by atoms with van der Waals surface area (Å²) in [5.41, 5.74) is 2.40. The van der Waals surface area contributed by atoms with Gasteiger partial charge in [0, 0.05) is 11.1 Å². The molecule has 146 valence electrons. The van der Waals surface area contributed by atoms with E-state index in [-0.39, 0.29) is 11.5 Å². The van der Waals surface area contributed by atoms with Gasteiger partial charge in [0.15, 0.2) is 11.9 Å². The molecule has 0 fully saturated rings. The number of benzene rings is 3. The Labute approximate surface area is 168 Å². The Morgan fingerprint density at radius 3 is 2.41 bits per heavy atom. The van der Waals surface area contributed by atoms with Crippen molar-refractivity contribution in [2.24, 2.45) is 0 Å². The third kappa shape index (κ3) is 3.67. The first kappa shape index (κ1) is 18.6. The van der Waals surface area contributed by atoms with Gasteiger partial charge in [0.05, 0.1) is 19.8 Å². The smallest absolute Gasteiger partial charge is 0.196 e. The maximum absolute atomic E-state index is 13.3. The predicted molar refractivity (Wildman–Crippen MR) is 110 cm³/mol. The largest absolute Gasteiger partial charge is 0.508 e. The second kappa shape index (κ2) is 7.72. The first-order chi connectivity index (χ1) is 14.1. The molecule has 0 spiro atoms. The zero-order chi connectivity index (χ0) is 20.4. The maximum Gasteiger partial charge on any atom is 0.196 e. The van der Waals surface area contributed by atoms with Gasteiger partial charge in [-0.05, 0) is 54.1 Å². The lowest BCUT2D eigenvalue weighted by atomic mass is 9.89. The average Bonchev–Trinajstić information content (AvgIpc) is 2.76. The van der Waals surface area contributed by atoms with E-state index in [9.17, 15) is 9.90 Å². The summed E-state index contributed by atoms with van der Waals surface area (Å²) in [5, 5.41) is 9.84. The number of rotatable bonds is 4. The molecule has 0 radical (unpaired) electrons. The van der Waals surface area contributed by atoms with E-state index in [1.807, 2.05) is 48.5 Å². The Hall–Kier alpha value is -3.73. The molecule has 1 aliphatic rings. The maximum atomic E-state index is 13.3. The highest BCUT2D eigenvalue weighted by molar-refractivity contribution is 6.14. The Morgan fingerprint density at radius 1 is 0.931 bits per heavy atom. The zero-order valence-corrected chi connectivity index (χ0v) is 16.1. The van der Waals surface area contributed by atoms with Crippen LogP contribution in [0.1, 0.15) is 27.6 Å². The molecule has 1 aliphatic heterocycles. The van der Waals surface area contributed by atoms with Crippen LogP contribution in [0.2, 0.25) is 0 Å². The average molecular weight is 388 g/mol. The number of carbonyl (C=O) groups excluding carboxylic acids is 1. The molecule has 0 saturated carbocycles. The van der Waals surface area contributed by atoms with Gasteiger partial charge in [0.2, 0.25) is 0 Å². The first-order valence-electron chi connectivity index (χ1n) is 9.13. The summed E-state index contributed by atoms with van der Waals surface area (Å²) in [5.74, 6) is 1.62. The van der Waals surface area contributed by atoms with Gasteiger partial charge in [-0.2, -0.15) is 0 Å². The first-order valence-corrected chi connectivity index (χ1v) is 9.13. The van der Waals surface area contributed by atoms with E-state index < -0.39 is 6.10 Å². The van der Waals surface area contributed by atoms with E-state index in [0.717, 1.165) is 11.1 Å². The molecule has 5 nitrogen and oxygen atoms in total. The van der Waals surface area contributed by atoms with Gasteiger partial charge in [-0.1, -0.05) is 24.3 Å². The van der Waals surface area contributed by atoms with Crippen molar-refractivity contribution >= 4 is 11.9 Å². The Balaban J connectivity index is 1.86. The lowest BCUT2D eigenvalue weighted by molar-refractivity contribution is 0.0962. The summed E-state index contributed by atoms with van der Waals surface area (Å²) in [7, 11) is 3.19. The second-order valence-electron chi connectivity index (χ2n) is 6.66. The van der Waals surface area contributed by atoms with Gasteiger partial charge < -0.3 is 19.3 Å². The second-order valence-corrected chi connectivity index (χ2v) is 6.66. The Bertz CT molecular complexity index is 1100. The van der Waals surface area contributed by atoms with Gasteiger partial charge in [-0.3, -0.25) is 4.79 Å². The van der Waals surface area contributed by atoms with E-state index in [0.29, 0.717) is 28.4 Å². The number of methoxy groups -OCH3 is 2. The van der Waals surface area contributed by atoms with Crippen molar-refractivity contribution in [1.82, 2.24) is 0 Å². The molecule has 1 N–H and O–H groups in total. The number of phenolic OH excluding ortho intramolecular Hbond substituents is 1. The fourth-order valence-corrected chi connectivity index (χ4v) is 3.37. The van der Waals surface area contributed by atoms with Gasteiger partial charge in [-0.25, -0.2) is 0 Å². The summed E-state index contributed by atoms with van der Waals surface area (Å²) in [6.45, 7) is 0. The van der Waals surface area contributed by atoms with Crippen molar-refractivity contribution in [1.29, 1.82) is 0 Å². The standard InChI is InChI=1S/C24H20O5/c1-27-18-7-3-5-15(11-18)12-21-23(26)20-14-17(25)9-10-22(20)29-24(21)16-6-4-8-19(13-16)28-2/h3-14,24-25H,1-2H3. The van der Waals surface area contributed by atoms with E-state index in [1.165, 1.54) is 12.1 Å². The molecule has 0 bridgehead atoms. The monoisotopic (exact) mass is 388 g/mol. The molecular formula is C24H20O5. The number of hydrogen-bond donors (Lipinski definition) is 1. The number of carbonyl (C=O) groups is 1. The van der Waals surface area contributed by atoms with Crippen LogP contribution in [-0.2, 0) is 0 Å². The van der Waals surface area contributed by atoms with Crippen LogP contribution >= 0.6 is 0 Å². The molecule has 0 aliphatic carbocycles. The minimum atomic E-state index is -0.610. The number of Topliss-reactive ketones (excluding diaryl/α,β-unsaturated/α-hetero) is 1. The molecule has 3 aromatic rings. The predicted octanol–water partition coefficient (Wildman–Crippen LogP) is 4.81. The summed E-state index contributed by atoms with van der Waals surface area (Å²) in [6.07, 6.45) is 1.18. The van der Waals surface area contributed by atoms with Crippen molar-refractivity contribution in [2.75, 3.05) is 14.2 Å². The molecular weight excluding hydrogens is 368 g/mol. The van der Waals surface area contributed by atoms with Gasteiger partial charge >= 0.3 is 0 Å². The Morgan fingerprint density at radius 2 is 1.66 bits per heavy atom. The van der Waals surface area contributed by atoms with Crippen LogP contribution in [0.3, 0.4) is 0 Å². The SMILES string of the molecule is COc1cccc(C=C2C(=O)c3cc(O)ccc3OC2c2cccc(OC)c2)c1. The van der Waals surface area contributed by atoms with Crippen molar-refractivity contribution < 1.29 is 24.1 Å². The number of hydrogen-bond acceptors (Lipinski definition) is 5. The third-order valence-corrected chi connectivity index (χ3v) is 4.81. The summed E-state index contributed by atoms with van der Waals surface area (Å²) in [4.78, 5) is 13.3. The molecule has 0 aromatic heterocycles. The Kier molecular flexibility index (Phi) is 4.96. The molecule has 0 amide bonds. The topological polar surface area (TPSA) is 65.0 Å². The fraction of sp³-hybridized carbons (Fsp3) is 0.125. The van der Waals surface area contributed by atoms with Crippen LogP contribution < -0.4 is 14.2 Å². The molecule has 0 saturated heterocycles. The number of ketones is 1. The lowest BCUT2D eigenvalue weighted by Gasteiger charge is -2.28. The van der Waals surface area contributed by atoms with Crippen LogP contribution in [0, 0.1) is 0 Å².